The van der Waals surface area contributed by atoms with E-state index in [0.29, 0.717) is 17.1 Å². The van der Waals surface area contributed by atoms with Gasteiger partial charge in [0.05, 0.1) is 32.8 Å². The van der Waals surface area contributed by atoms with Crippen LogP contribution in [-0.2, 0) is 53.6 Å². The van der Waals surface area contributed by atoms with Gasteiger partial charge in [0.1, 0.15) is 11.4 Å². The average Bonchev–Trinajstić information content (AvgIpc) is 2.35. The minimum absolute atomic E-state index is 0. The van der Waals surface area contributed by atoms with Crippen LogP contribution in [0.2, 0.25) is 0 Å². The maximum Gasteiger partial charge on any atom is 0.341 e. The molecular weight excluding hydrogens is 313 g/mol. The topological polar surface area (TPSA) is 81.5 Å². The largest absolute Gasteiger partial charge is 0.503 e. The fourth-order valence-corrected chi connectivity index (χ4v) is 1.31. The summed E-state index contributed by atoms with van der Waals surface area (Å²) in [6.07, 6.45) is 2.69. The van der Waals surface area contributed by atoms with Crippen LogP contribution in [0.25, 0.3) is 5.57 Å². The summed E-state index contributed by atoms with van der Waals surface area (Å²) in [5, 5.41) is 9.20. The molecule has 7 heteroatoms. The summed E-state index contributed by atoms with van der Waals surface area (Å²) in [4.78, 5) is 19.6. The number of methoxy groups -OCH3 is 2. The summed E-state index contributed by atoms with van der Waals surface area (Å²) in [5.74, 6) is -0.0616. The average molecular weight is 327 g/mol. The van der Waals surface area contributed by atoms with Gasteiger partial charge in [0, 0.05) is 44.5 Å². The predicted octanol–water partition coefficient (Wildman–Crippen LogP) is 0.435. The molecule has 0 saturated heterocycles. The summed E-state index contributed by atoms with van der Waals surface area (Å²) >= 11 is 0. The Labute approximate surface area is 130 Å². The van der Waals surface area contributed by atoms with Crippen molar-refractivity contribution in [1.29, 1.82) is 0 Å². The fourth-order valence-electron chi connectivity index (χ4n) is 1.31. The van der Waals surface area contributed by atoms with Crippen molar-refractivity contribution in [2.24, 2.45) is 0 Å². The van der Waals surface area contributed by atoms with Gasteiger partial charge in [0.25, 0.3) is 0 Å². The van der Waals surface area contributed by atoms with Gasteiger partial charge in [-0.3, -0.25) is 0 Å². The number of hydrogen-bond acceptors (Lipinski definition) is 6. The number of aryl methyl sites for hydroxylation is 1. The number of aromatic nitrogens is 2. The summed E-state index contributed by atoms with van der Waals surface area (Å²) in [6, 6.07) is 0. The number of carbonyl (C=O) groups is 1. The molecule has 1 radical (unpaired) electrons. The maximum atomic E-state index is 11.5. The SMILES string of the molecule is CO/C=C(\C(=O)OC)c1cnc(C)nc1CO.[Y]. The number of esters is 1. The van der Waals surface area contributed by atoms with Crippen LogP contribution in [0.4, 0.5) is 0 Å². The number of rotatable bonds is 4. The van der Waals surface area contributed by atoms with E-state index in [9.17, 15) is 9.90 Å². The van der Waals surface area contributed by atoms with Crippen molar-refractivity contribution in [3.63, 3.8) is 0 Å². The van der Waals surface area contributed by atoms with E-state index >= 15 is 0 Å². The van der Waals surface area contributed by atoms with E-state index in [4.69, 9.17) is 4.74 Å². The minimum atomic E-state index is -0.575. The van der Waals surface area contributed by atoms with E-state index in [1.165, 1.54) is 26.7 Å². The zero-order valence-corrected chi connectivity index (χ0v) is 13.3. The maximum absolute atomic E-state index is 11.5. The van der Waals surface area contributed by atoms with E-state index in [2.05, 4.69) is 14.7 Å². The fraction of sp³-hybridized carbons (Fsp3) is 0.364. The molecule has 0 aliphatic heterocycles. The van der Waals surface area contributed by atoms with Crippen molar-refractivity contribution in [3.05, 3.63) is 29.5 Å². The van der Waals surface area contributed by atoms with Crippen molar-refractivity contribution in [2.75, 3.05) is 14.2 Å². The van der Waals surface area contributed by atoms with E-state index in [1.54, 1.807) is 6.92 Å². The molecule has 1 N–H and O–H groups in total. The van der Waals surface area contributed by atoms with E-state index in [0.717, 1.165) is 0 Å². The summed E-state index contributed by atoms with van der Waals surface area (Å²) in [6.45, 7) is 1.40. The van der Waals surface area contributed by atoms with Crippen LogP contribution >= 0.6 is 0 Å². The number of aliphatic hydroxyl groups is 1. The first-order valence-electron chi connectivity index (χ1n) is 4.89. The van der Waals surface area contributed by atoms with Gasteiger partial charge in [-0.05, 0) is 6.92 Å². The van der Waals surface area contributed by atoms with Gasteiger partial charge in [0.2, 0.25) is 0 Å². The van der Waals surface area contributed by atoms with E-state index in [1.807, 2.05) is 0 Å². The Kier molecular flexibility index (Phi) is 7.90. The molecule has 0 aliphatic rings. The summed E-state index contributed by atoms with van der Waals surface area (Å²) < 4.78 is 9.44. The van der Waals surface area contributed by atoms with Gasteiger partial charge in [-0.15, -0.1) is 0 Å². The van der Waals surface area contributed by atoms with Gasteiger partial charge in [-0.2, -0.15) is 0 Å². The second kappa shape index (κ2) is 8.29. The Morgan fingerprint density at radius 2 is 2.17 bits per heavy atom. The first-order valence-corrected chi connectivity index (χ1v) is 4.89. The smallest absolute Gasteiger partial charge is 0.341 e. The molecule has 6 nitrogen and oxygen atoms in total. The van der Waals surface area contributed by atoms with Crippen LogP contribution in [0, 0.1) is 6.92 Å². The molecule has 0 fully saturated rings. The molecule has 0 unspecified atom stereocenters. The summed E-state index contributed by atoms with van der Waals surface area (Å²) in [5.41, 5.74) is 0.914. The Bertz CT molecular complexity index is 449. The van der Waals surface area contributed by atoms with Crippen molar-refractivity contribution in [3.8, 4) is 0 Å². The Morgan fingerprint density at radius 3 is 2.67 bits per heavy atom. The zero-order valence-electron chi connectivity index (χ0n) is 10.5. The van der Waals surface area contributed by atoms with Gasteiger partial charge in [-0.25, -0.2) is 14.8 Å². The monoisotopic (exact) mass is 327 g/mol. The van der Waals surface area contributed by atoms with Crippen LogP contribution in [0.1, 0.15) is 17.1 Å². The molecule has 0 saturated carbocycles. The van der Waals surface area contributed by atoms with Gasteiger partial charge in [-0.1, -0.05) is 0 Å². The Hall–Kier alpha value is -0.846. The van der Waals surface area contributed by atoms with Crippen molar-refractivity contribution >= 4 is 11.5 Å². The number of ether oxygens (including phenoxy) is 2. The first kappa shape index (κ1) is 17.2. The molecule has 95 valence electrons. The molecular formula is C11H14N2O4Y. The van der Waals surface area contributed by atoms with Crippen molar-refractivity contribution in [1.82, 2.24) is 9.97 Å². The number of aliphatic hydroxyl groups excluding tert-OH is 1. The second-order valence-electron chi connectivity index (χ2n) is 3.19. The van der Waals surface area contributed by atoms with Crippen molar-refractivity contribution in [2.45, 2.75) is 13.5 Å². The molecule has 18 heavy (non-hydrogen) atoms. The minimum Gasteiger partial charge on any atom is -0.503 e. The van der Waals surface area contributed by atoms with E-state index < -0.39 is 5.97 Å². The Balaban J connectivity index is 0.00000289. The normalized spacial score (nSPS) is 10.6. The van der Waals surface area contributed by atoms with Crippen molar-refractivity contribution < 1.29 is 52.1 Å². The molecule has 0 spiro atoms. The molecule has 1 rings (SSSR count). The third-order valence-electron chi connectivity index (χ3n) is 2.07. The zero-order chi connectivity index (χ0) is 12.8. The molecule has 1 aromatic rings. The molecule has 0 bridgehead atoms. The van der Waals surface area contributed by atoms with Crippen LogP contribution in [0.5, 0.6) is 0 Å². The van der Waals surface area contributed by atoms with Crippen LogP contribution in [0.3, 0.4) is 0 Å². The quantitative estimate of drug-likeness (QED) is 0.491. The second-order valence-corrected chi connectivity index (χ2v) is 3.19. The Morgan fingerprint density at radius 1 is 1.50 bits per heavy atom. The standard InChI is InChI=1S/C11H14N2O4.Y/c1-7-12-4-8(10(5-14)13-7)9(6-16-2)11(15)17-3;/h4,6,14H,5H2,1-3H3;/b9-6-;. The molecule has 0 aromatic carbocycles. The van der Waals surface area contributed by atoms with Crippen LogP contribution in [0.15, 0.2) is 12.5 Å². The van der Waals surface area contributed by atoms with Crippen LogP contribution in [-0.4, -0.2) is 35.3 Å². The van der Waals surface area contributed by atoms with Gasteiger partial charge in [0.15, 0.2) is 0 Å². The van der Waals surface area contributed by atoms with Gasteiger partial charge >= 0.3 is 5.97 Å². The third kappa shape index (κ3) is 4.12. The summed E-state index contributed by atoms with van der Waals surface area (Å²) in [7, 11) is 2.68. The first-order chi connectivity index (χ1) is 8.13. The molecule has 0 atom stereocenters. The molecule has 0 amide bonds. The van der Waals surface area contributed by atoms with E-state index in [-0.39, 0.29) is 44.9 Å². The molecule has 1 aromatic heterocycles. The number of hydrogen-bond donors (Lipinski definition) is 1. The predicted molar refractivity (Wildman–Crippen MR) is 59.7 cm³/mol. The number of carbonyl (C=O) groups excluding carboxylic acids is 1. The molecule has 1 heterocycles. The van der Waals surface area contributed by atoms with Crippen LogP contribution < -0.4 is 0 Å². The number of nitrogens with zero attached hydrogens (tertiary/aromatic N) is 2. The molecule has 0 aliphatic carbocycles. The van der Waals surface area contributed by atoms with Gasteiger partial charge < -0.3 is 14.6 Å². The third-order valence-corrected chi connectivity index (χ3v) is 2.07.